The van der Waals surface area contributed by atoms with Crippen molar-refractivity contribution in [1.29, 1.82) is 0 Å². The summed E-state index contributed by atoms with van der Waals surface area (Å²) in [6.07, 6.45) is 9.27. The molecule has 0 atom stereocenters. The van der Waals surface area contributed by atoms with Crippen LogP contribution in [0.5, 0.6) is 0 Å². The summed E-state index contributed by atoms with van der Waals surface area (Å²) >= 11 is 1.52. The average Bonchev–Trinajstić information content (AvgIpc) is 3.42. The van der Waals surface area contributed by atoms with Gasteiger partial charge in [-0.1, -0.05) is 19.3 Å². The number of hydrogen-bond acceptors (Lipinski definition) is 4. The van der Waals surface area contributed by atoms with Gasteiger partial charge in [0.2, 0.25) is 0 Å². The molecule has 2 aromatic rings. The number of likely N-dealkylation sites (tertiary alicyclic amines) is 1. The highest BCUT2D eigenvalue weighted by atomic mass is 32.1. The second-order valence-electron chi connectivity index (χ2n) is 8.46. The number of carbonyl (C=O) groups excluding carboxylic acids is 2. The van der Waals surface area contributed by atoms with E-state index in [0.29, 0.717) is 24.7 Å². The Bertz CT molecular complexity index is 860. The maximum Gasteiger partial charge on any atom is 0.263 e. The van der Waals surface area contributed by atoms with Crippen LogP contribution in [0.3, 0.4) is 0 Å². The van der Waals surface area contributed by atoms with Crippen molar-refractivity contribution in [2.24, 2.45) is 0 Å². The van der Waals surface area contributed by atoms with Gasteiger partial charge in [-0.05, 0) is 49.6 Å². The molecule has 0 aromatic carbocycles. The van der Waals surface area contributed by atoms with Crippen LogP contribution in [0.4, 0.5) is 0 Å². The normalized spacial score (nSPS) is 18.8. The van der Waals surface area contributed by atoms with Crippen LogP contribution in [0.15, 0.2) is 17.6 Å². The van der Waals surface area contributed by atoms with Crippen LogP contribution in [-0.4, -0.2) is 58.0 Å². The summed E-state index contributed by atoms with van der Waals surface area (Å²) in [4.78, 5) is 30.5. The van der Waals surface area contributed by atoms with E-state index in [1.54, 1.807) is 6.20 Å². The molecule has 6 nitrogen and oxygen atoms in total. The fourth-order valence-corrected chi connectivity index (χ4v) is 5.54. The molecule has 0 spiro atoms. The molecule has 0 bridgehead atoms. The molecule has 1 N–H and O–H groups in total. The smallest absolute Gasteiger partial charge is 0.263 e. The lowest BCUT2D eigenvalue weighted by atomic mass is 9.90. The highest BCUT2D eigenvalue weighted by molar-refractivity contribution is 7.12. The number of rotatable bonds is 4. The third-order valence-corrected chi connectivity index (χ3v) is 7.51. The number of amides is 2. The number of H-pyrrole nitrogens is 1. The first-order chi connectivity index (χ1) is 14.0. The van der Waals surface area contributed by atoms with Gasteiger partial charge in [-0.15, -0.1) is 11.3 Å². The molecule has 0 radical (unpaired) electrons. The molecule has 1 saturated carbocycles. The Balaban J connectivity index is 1.40. The lowest BCUT2D eigenvalue weighted by molar-refractivity contribution is 0.0683. The van der Waals surface area contributed by atoms with Crippen molar-refractivity contribution in [3.05, 3.63) is 39.3 Å². The van der Waals surface area contributed by atoms with E-state index >= 15 is 0 Å². The van der Waals surface area contributed by atoms with Crippen molar-refractivity contribution >= 4 is 23.2 Å². The van der Waals surface area contributed by atoms with Gasteiger partial charge in [0.1, 0.15) is 0 Å². The van der Waals surface area contributed by atoms with E-state index < -0.39 is 0 Å². The van der Waals surface area contributed by atoms with Gasteiger partial charge in [0.05, 0.1) is 22.3 Å². The number of carbonyl (C=O) groups is 2. The Hall–Kier alpha value is -2.15. The zero-order chi connectivity index (χ0) is 20.4. The van der Waals surface area contributed by atoms with Crippen molar-refractivity contribution in [3.63, 3.8) is 0 Å². The molecule has 2 aliphatic rings. The Morgan fingerprint density at radius 1 is 1.17 bits per heavy atom. The zero-order valence-electron chi connectivity index (χ0n) is 17.3. The van der Waals surface area contributed by atoms with Gasteiger partial charge in [-0.2, -0.15) is 5.10 Å². The quantitative estimate of drug-likeness (QED) is 0.815. The number of nitrogens with one attached hydrogen (secondary N) is 1. The SMILES string of the molecule is Cc1csc(C(=O)N2CCC(c3[nH]ncc3C(=O)N(C)C3CCCCC3)CC2)c1. The lowest BCUT2D eigenvalue weighted by Gasteiger charge is -2.33. The third-order valence-electron chi connectivity index (χ3n) is 6.47. The Kier molecular flexibility index (Phi) is 6.04. The summed E-state index contributed by atoms with van der Waals surface area (Å²) in [5, 5.41) is 9.31. The molecule has 2 amide bonds. The monoisotopic (exact) mass is 414 g/mol. The molecule has 3 heterocycles. The number of thiophene rings is 1. The Labute approximate surface area is 176 Å². The Morgan fingerprint density at radius 2 is 1.90 bits per heavy atom. The number of aryl methyl sites for hydroxylation is 1. The number of piperidine rings is 1. The average molecular weight is 415 g/mol. The van der Waals surface area contributed by atoms with Crippen LogP contribution in [0.1, 0.15) is 82.2 Å². The maximum absolute atomic E-state index is 13.1. The summed E-state index contributed by atoms with van der Waals surface area (Å²) in [5.74, 6) is 0.443. The first-order valence-electron chi connectivity index (χ1n) is 10.7. The van der Waals surface area contributed by atoms with Crippen molar-refractivity contribution in [2.75, 3.05) is 20.1 Å². The van der Waals surface area contributed by atoms with Crippen LogP contribution in [0.25, 0.3) is 0 Å². The molecular weight excluding hydrogens is 384 g/mol. The molecule has 2 fully saturated rings. The molecule has 156 valence electrons. The first kappa shape index (κ1) is 20.1. The minimum atomic E-state index is 0.0771. The van der Waals surface area contributed by atoms with Gasteiger partial charge < -0.3 is 9.80 Å². The van der Waals surface area contributed by atoms with E-state index in [2.05, 4.69) is 10.2 Å². The maximum atomic E-state index is 13.1. The predicted octanol–water partition coefficient (Wildman–Crippen LogP) is 4.20. The van der Waals surface area contributed by atoms with E-state index in [1.807, 2.05) is 35.2 Å². The van der Waals surface area contributed by atoms with Crippen LogP contribution >= 0.6 is 11.3 Å². The third kappa shape index (κ3) is 4.25. The largest absolute Gasteiger partial charge is 0.339 e. The number of aromatic amines is 1. The topological polar surface area (TPSA) is 69.3 Å². The first-order valence-corrected chi connectivity index (χ1v) is 11.6. The zero-order valence-corrected chi connectivity index (χ0v) is 18.1. The second kappa shape index (κ2) is 8.69. The van der Waals surface area contributed by atoms with E-state index in [1.165, 1.54) is 30.6 Å². The molecule has 4 rings (SSSR count). The standard InChI is InChI=1S/C22H30N4O2S/c1-15-12-19(29-14-15)22(28)26-10-8-16(9-11-26)20-18(13-23-24-20)21(27)25(2)17-6-4-3-5-7-17/h12-14,16-17H,3-11H2,1-2H3,(H,23,24). The minimum absolute atomic E-state index is 0.0771. The summed E-state index contributed by atoms with van der Waals surface area (Å²) in [6.45, 7) is 3.44. The van der Waals surface area contributed by atoms with E-state index in [-0.39, 0.29) is 17.7 Å². The number of nitrogens with zero attached hydrogens (tertiary/aromatic N) is 3. The molecule has 2 aromatic heterocycles. The summed E-state index contributed by atoms with van der Waals surface area (Å²) in [6, 6.07) is 2.30. The van der Waals surface area contributed by atoms with Crippen LogP contribution in [-0.2, 0) is 0 Å². The van der Waals surface area contributed by atoms with Gasteiger partial charge in [0.25, 0.3) is 11.8 Å². The highest BCUT2D eigenvalue weighted by Crippen LogP contribution is 2.31. The molecular formula is C22H30N4O2S. The van der Waals surface area contributed by atoms with Crippen LogP contribution in [0.2, 0.25) is 0 Å². The van der Waals surface area contributed by atoms with Crippen LogP contribution < -0.4 is 0 Å². The molecule has 1 aliphatic heterocycles. The van der Waals surface area contributed by atoms with E-state index in [0.717, 1.165) is 41.8 Å². The lowest BCUT2D eigenvalue weighted by Crippen LogP contribution is -2.40. The van der Waals surface area contributed by atoms with Crippen molar-refractivity contribution in [3.8, 4) is 0 Å². The molecule has 29 heavy (non-hydrogen) atoms. The fourth-order valence-electron chi connectivity index (χ4n) is 4.67. The Morgan fingerprint density at radius 3 is 2.55 bits per heavy atom. The van der Waals surface area contributed by atoms with E-state index in [9.17, 15) is 9.59 Å². The second-order valence-corrected chi connectivity index (χ2v) is 9.37. The van der Waals surface area contributed by atoms with Crippen molar-refractivity contribution in [1.82, 2.24) is 20.0 Å². The van der Waals surface area contributed by atoms with Crippen molar-refractivity contribution in [2.45, 2.75) is 63.8 Å². The van der Waals surface area contributed by atoms with Crippen molar-refractivity contribution < 1.29 is 9.59 Å². The number of hydrogen-bond donors (Lipinski definition) is 1. The molecule has 1 aliphatic carbocycles. The summed E-state index contributed by atoms with van der Waals surface area (Å²) in [5.41, 5.74) is 2.78. The van der Waals surface area contributed by atoms with Crippen LogP contribution in [0, 0.1) is 6.92 Å². The molecule has 1 saturated heterocycles. The fraction of sp³-hybridized carbons (Fsp3) is 0.591. The van der Waals surface area contributed by atoms with Gasteiger partial charge in [-0.25, -0.2) is 0 Å². The van der Waals surface area contributed by atoms with Gasteiger partial charge >= 0.3 is 0 Å². The van der Waals surface area contributed by atoms with E-state index in [4.69, 9.17) is 0 Å². The minimum Gasteiger partial charge on any atom is -0.339 e. The molecule has 7 heteroatoms. The molecule has 0 unspecified atom stereocenters. The number of aromatic nitrogens is 2. The summed E-state index contributed by atoms with van der Waals surface area (Å²) < 4.78 is 0. The van der Waals surface area contributed by atoms with Gasteiger partial charge in [-0.3, -0.25) is 14.7 Å². The predicted molar refractivity (Wildman–Crippen MR) is 114 cm³/mol. The van der Waals surface area contributed by atoms with Gasteiger partial charge in [0, 0.05) is 32.1 Å². The summed E-state index contributed by atoms with van der Waals surface area (Å²) in [7, 11) is 1.93. The highest BCUT2D eigenvalue weighted by Gasteiger charge is 2.31. The van der Waals surface area contributed by atoms with Gasteiger partial charge in [0.15, 0.2) is 0 Å².